The van der Waals surface area contributed by atoms with Gasteiger partial charge in [0.15, 0.2) is 0 Å². The van der Waals surface area contributed by atoms with Gasteiger partial charge in [0.2, 0.25) is 5.91 Å². The number of hydrogen-bond donors (Lipinski definition) is 1. The van der Waals surface area contributed by atoms with Crippen molar-refractivity contribution < 1.29 is 9.59 Å². The largest absolute Gasteiger partial charge is 0.350 e. The van der Waals surface area contributed by atoms with Crippen LogP contribution in [0.1, 0.15) is 56.1 Å². The molecule has 0 atom stereocenters. The van der Waals surface area contributed by atoms with Crippen molar-refractivity contribution in [3.63, 3.8) is 0 Å². The molecule has 4 heteroatoms. The molecule has 0 fully saturated rings. The maximum absolute atomic E-state index is 12.4. The van der Waals surface area contributed by atoms with Crippen LogP contribution in [0.2, 0.25) is 0 Å². The van der Waals surface area contributed by atoms with Gasteiger partial charge in [-0.1, -0.05) is 58.0 Å². The third kappa shape index (κ3) is 5.43. The Hall–Kier alpha value is -2.62. The Morgan fingerprint density at radius 1 is 1.00 bits per heavy atom. The number of anilines is 1. The average Bonchev–Trinajstić information content (AvgIpc) is 2.64. The number of para-hydroxylation sites is 1. The van der Waals surface area contributed by atoms with Crippen LogP contribution in [-0.4, -0.2) is 24.9 Å². The van der Waals surface area contributed by atoms with E-state index in [2.05, 4.69) is 33.0 Å². The molecule has 0 saturated heterocycles. The zero-order valence-electron chi connectivity index (χ0n) is 17.0. The minimum atomic E-state index is -0.122. The van der Waals surface area contributed by atoms with E-state index in [1.54, 1.807) is 11.8 Å². The topological polar surface area (TPSA) is 49.4 Å². The summed E-state index contributed by atoms with van der Waals surface area (Å²) < 4.78 is 0. The van der Waals surface area contributed by atoms with Gasteiger partial charge in [0, 0.05) is 31.3 Å². The highest BCUT2D eigenvalue weighted by Gasteiger charge is 2.16. The van der Waals surface area contributed by atoms with Crippen molar-refractivity contribution in [3.05, 3.63) is 65.2 Å². The lowest BCUT2D eigenvalue weighted by molar-refractivity contribution is -0.116. The van der Waals surface area contributed by atoms with E-state index in [-0.39, 0.29) is 17.2 Å². The third-order valence-corrected chi connectivity index (χ3v) is 4.68. The summed E-state index contributed by atoms with van der Waals surface area (Å²) in [5, 5.41) is 2.92. The summed E-state index contributed by atoms with van der Waals surface area (Å²) in [5.74, 6) is -0.151. The zero-order valence-corrected chi connectivity index (χ0v) is 17.0. The molecule has 0 aliphatic rings. The molecule has 0 unspecified atom stereocenters. The standard InChI is InChI=1S/C23H30N2O2/c1-6-18-9-7-8-10-21(18)25(17(2)26)16-15-24-22(27)19-11-13-20(14-12-19)23(3,4)5/h7-14H,6,15-16H2,1-5H3,(H,24,27). The molecular weight excluding hydrogens is 336 g/mol. The summed E-state index contributed by atoms with van der Waals surface area (Å²) in [5.41, 5.74) is 3.92. The van der Waals surface area contributed by atoms with Gasteiger partial charge in [0.1, 0.15) is 0 Å². The first-order valence-corrected chi connectivity index (χ1v) is 9.48. The Bertz CT molecular complexity index is 789. The van der Waals surface area contributed by atoms with Crippen LogP contribution in [0.5, 0.6) is 0 Å². The van der Waals surface area contributed by atoms with Crippen LogP contribution in [0.25, 0.3) is 0 Å². The van der Waals surface area contributed by atoms with Gasteiger partial charge in [-0.25, -0.2) is 0 Å². The molecule has 0 aliphatic heterocycles. The van der Waals surface area contributed by atoms with Gasteiger partial charge in [-0.3, -0.25) is 9.59 Å². The van der Waals surface area contributed by atoms with Crippen molar-refractivity contribution in [3.8, 4) is 0 Å². The van der Waals surface area contributed by atoms with Crippen LogP contribution in [0.4, 0.5) is 5.69 Å². The summed E-state index contributed by atoms with van der Waals surface area (Å²) >= 11 is 0. The Labute approximate surface area is 162 Å². The second kappa shape index (κ2) is 8.85. The fourth-order valence-corrected chi connectivity index (χ4v) is 3.03. The molecule has 1 N–H and O–H groups in total. The number of carbonyl (C=O) groups excluding carboxylic acids is 2. The predicted octanol–water partition coefficient (Wildman–Crippen LogP) is 4.33. The Balaban J connectivity index is 2.00. The van der Waals surface area contributed by atoms with E-state index in [1.165, 1.54) is 5.56 Å². The summed E-state index contributed by atoms with van der Waals surface area (Å²) in [4.78, 5) is 26.2. The van der Waals surface area contributed by atoms with Crippen molar-refractivity contribution in [1.29, 1.82) is 0 Å². The molecule has 144 valence electrons. The lowest BCUT2D eigenvalue weighted by Gasteiger charge is -2.24. The Morgan fingerprint density at radius 3 is 2.19 bits per heavy atom. The molecule has 2 amide bonds. The molecule has 2 aromatic rings. The second-order valence-electron chi connectivity index (χ2n) is 7.74. The molecule has 0 heterocycles. The smallest absolute Gasteiger partial charge is 0.251 e. The van der Waals surface area contributed by atoms with Crippen molar-refractivity contribution in [1.82, 2.24) is 5.32 Å². The number of rotatable bonds is 6. The maximum atomic E-state index is 12.4. The van der Waals surface area contributed by atoms with Crippen molar-refractivity contribution in [2.45, 2.75) is 46.5 Å². The van der Waals surface area contributed by atoms with Gasteiger partial charge in [0.05, 0.1) is 0 Å². The molecular formula is C23H30N2O2. The highest BCUT2D eigenvalue weighted by Crippen LogP contribution is 2.22. The van der Waals surface area contributed by atoms with Crippen LogP contribution in [-0.2, 0) is 16.6 Å². The van der Waals surface area contributed by atoms with Crippen molar-refractivity contribution >= 4 is 17.5 Å². The molecule has 2 aromatic carbocycles. The number of aryl methyl sites for hydroxylation is 1. The SMILES string of the molecule is CCc1ccccc1N(CCNC(=O)c1ccc(C(C)(C)C)cc1)C(C)=O. The van der Waals surface area contributed by atoms with Gasteiger partial charge in [-0.05, 0) is 41.2 Å². The summed E-state index contributed by atoms with van der Waals surface area (Å²) in [6, 6.07) is 15.6. The van der Waals surface area contributed by atoms with Crippen molar-refractivity contribution in [2.75, 3.05) is 18.0 Å². The first kappa shape index (κ1) is 20.7. The molecule has 0 radical (unpaired) electrons. The summed E-state index contributed by atoms with van der Waals surface area (Å²) in [6.07, 6.45) is 0.854. The number of carbonyl (C=O) groups is 2. The highest BCUT2D eigenvalue weighted by molar-refractivity contribution is 5.95. The van der Waals surface area contributed by atoms with Gasteiger partial charge in [0.25, 0.3) is 5.91 Å². The van der Waals surface area contributed by atoms with Gasteiger partial charge in [-0.2, -0.15) is 0 Å². The first-order chi connectivity index (χ1) is 12.7. The number of nitrogens with one attached hydrogen (secondary N) is 1. The Kier molecular flexibility index (Phi) is 6.78. The van der Waals surface area contributed by atoms with E-state index < -0.39 is 0 Å². The summed E-state index contributed by atoms with van der Waals surface area (Å²) in [7, 11) is 0. The minimum absolute atomic E-state index is 0.0281. The fourth-order valence-electron chi connectivity index (χ4n) is 3.03. The van der Waals surface area contributed by atoms with E-state index in [1.807, 2.05) is 48.5 Å². The number of amides is 2. The van der Waals surface area contributed by atoms with E-state index in [4.69, 9.17) is 0 Å². The van der Waals surface area contributed by atoms with Gasteiger partial charge >= 0.3 is 0 Å². The van der Waals surface area contributed by atoms with Crippen molar-refractivity contribution in [2.24, 2.45) is 0 Å². The lowest BCUT2D eigenvalue weighted by Crippen LogP contribution is -2.38. The van der Waals surface area contributed by atoms with E-state index in [0.717, 1.165) is 17.7 Å². The third-order valence-electron chi connectivity index (χ3n) is 4.68. The molecule has 4 nitrogen and oxygen atoms in total. The monoisotopic (exact) mass is 366 g/mol. The molecule has 0 saturated carbocycles. The van der Waals surface area contributed by atoms with Crippen LogP contribution < -0.4 is 10.2 Å². The molecule has 0 aromatic heterocycles. The molecule has 2 rings (SSSR count). The highest BCUT2D eigenvalue weighted by atomic mass is 16.2. The fraction of sp³-hybridized carbons (Fsp3) is 0.391. The van der Waals surface area contributed by atoms with E-state index in [0.29, 0.717) is 18.7 Å². The summed E-state index contributed by atoms with van der Waals surface area (Å²) in [6.45, 7) is 10.9. The number of benzene rings is 2. The average molecular weight is 367 g/mol. The van der Waals surface area contributed by atoms with Gasteiger partial charge < -0.3 is 10.2 Å². The lowest BCUT2D eigenvalue weighted by atomic mass is 9.87. The molecule has 0 bridgehead atoms. The first-order valence-electron chi connectivity index (χ1n) is 9.48. The predicted molar refractivity (Wildman–Crippen MR) is 111 cm³/mol. The number of nitrogens with zero attached hydrogens (tertiary/aromatic N) is 1. The van der Waals surface area contributed by atoms with Crippen LogP contribution in [0.15, 0.2) is 48.5 Å². The van der Waals surface area contributed by atoms with Crippen LogP contribution >= 0.6 is 0 Å². The normalized spacial score (nSPS) is 11.1. The number of hydrogen-bond acceptors (Lipinski definition) is 2. The molecule has 0 spiro atoms. The van der Waals surface area contributed by atoms with Gasteiger partial charge in [-0.15, -0.1) is 0 Å². The second-order valence-corrected chi connectivity index (χ2v) is 7.74. The quantitative estimate of drug-likeness (QED) is 0.827. The maximum Gasteiger partial charge on any atom is 0.251 e. The van der Waals surface area contributed by atoms with E-state index >= 15 is 0 Å². The van der Waals surface area contributed by atoms with Crippen LogP contribution in [0.3, 0.4) is 0 Å². The Morgan fingerprint density at radius 2 is 1.63 bits per heavy atom. The van der Waals surface area contributed by atoms with Crippen LogP contribution in [0, 0.1) is 0 Å². The zero-order chi connectivity index (χ0) is 20.0. The van der Waals surface area contributed by atoms with E-state index in [9.17, 15) is 9.59 Å². The molecule has 27 heavy (non-hydrogen) atoms. The minimum Gasteiger partial charge on any atom is -0.350 e. The molecule has 0 aliphatic carbocycles.